The third-order valence-electron chi connectivity index (χ3n) is 6.90. The lowest BCUT2D eigenvalue weighted by Gasteiger charge is -2.43. The molecule has 0 spiro atoms. The normalized spacial score (nSPS) is 35.9. The van der Waals surface area contributed by atoms with Crippen LogP contribution in [0.3, 0.4) is 0 Å². The smallest absolute Gasteiger partial charge is 0.166 e. The molecule has 0 aromatic heterocycles. The van der Waals surface area contributed by atoms with Crippen molar-refractivity contribution in [2.75, 3.05) is 0 Å². The standard InChI is InChI=1S/C20H31F3.C2H6/c1-2-3-14-4-6-15(7-5-14)16-8-9-18-13-19(20(21,22)23)11-10-17(18)12-16;1-2/h13-18H,2-12H2,1H3;1-2H3. The molecule has 0 aromatic carbocycles. The van der Waals surface area contributed by atoms with Gasteiger partial charge in [-0.2, -0.15) is 13.2 Å². The van der Waals surface area contributed by atoms with Crippen LogP contribution in [0.25, 0.3) is 0 Å². The summed E-state index contributed by atoms with van der Waals surface area (Å²) >= 11 is 0. The highest BCUT2D eigenvalue weighted by atomic mass is 19.4. The summed E-state index contributed by atoms with van der Waals surface area (Å²) in [5, 5.41) is 0. The summed E-state index contributed by atoms with van der Waals surface area (Å²) in [4.78, 5) is 0. The van der Waals surface area contributed by atoms with Crippen molar-refractivity contribution in [1.29, 1.82) is 0 Å². The Morgan fingerprint density at radius 1 is 0.880 bits per heavy atom. The topological polar surface area (TPSA) is 0 Å². The van der Waals surface area contributed by atoms with Gasteiger partial charge in [-0.15, -0.1) is 0 Å². The van der Waals surface area contributed by atoms with Gasteiger partial charge in [0.1, 0.15) is 0 Å². The molecule has 0 heterocycles. The molecule has 0 bridgehead atoms. The number of hydrogen-bond donors (Lipinski definition) is 0. The van der Waals surface area contributed by atoms with E-state index in [4.69, 9.17) is 0 Å². The number of hydrogen-bond acceptors (Lipinski definition) is 0. The van der Waals surface area contributed by atoms with Crippen LogP contribution in [0, 0.1) is 29.6 Å². The monoisotopic (exact) mass is 358 g/mol. The molecule has 0 aliphatic heterocycles. The second kappa shape index (κ2) is 9.46. The molecule has 3 atom stereocenters. The van der Waals surface area contributed by atoms with Gasteiger partial charge in [0.2, 0.25) is 0 Å². The van der Waals surface area contributed by atoms with Crippen molar-refractivity contribution in [3.8, 4) is 0 Å². The second-order valence-corrected chi connectivity index (χ2v) is 8.29. The maximum atomic E-state index is 12.9. The van der Waals surface area contributed by atoms with Crippen molar-refractivity contribution >= 4 is 0 Å². The molecule has 0 saturated heterocycles. The fourth-order valence-corrected chi connectivity index (χ4v) is 5.58. The minimum Gasteiger partial charge on any atom is -0.166 e. The molecule has 25 heavy (non-hydrogen) atoms. The van der Waals surface area contributed by atoms with Crippen LogP contribution in [0.5, 0.6) is 0 Å². The maximum Gasteiger partial charge on any atom is 0.412 e. The third kappa shape index (κ3) is 5.50. The van der Waals surface area contributed by atoms with E-state index in [-0.39, 0.29) is 17.9 Å². The fraction of sp³-hybridized carbons (Fsp3) is 0.909. The van der Waals surface area contributed by atoms with Crippen LogP contribution in [-0.4, -0.2) is 6.18 Å². The lowest BCUT2D eigenvalue weighted by Crippen LogP contribution is -2.33. The zero-order valence-electron chi connectivity index (χ0n) is 16.4. The van der Waals surface area contributed by atoms with Crippen molar-refractivity contribution in [3.63, 3.8) is 0 Å². The van der Waals surface area contributed by atoms with Crippen molar-refractivity contribution in [1.82, 2.24) is 0 Å². The molecule has 0 amide bonds. The maximum absolute atomic E-state index is 12.9. The van der Waals surface area contributed by atoms with Gasteiger partial charge >= 0.3 is 6.18 Å². The Bertz CT molecular complexity index is 415. The molecule has 0 aromatic rings. The van der Waals surface area contributed by atoms with Gasteiger partial charge in [-0.25, -0.2) is 0 Å². The van der Waals surface area contributed by atoms with Crippen LogP contribution in [0.2, 0.25) is 0 Å². The van der Waals surface area contributed by atoms with Gasteiger partial charge in [0.05, 0.1) is 0 Å². The summed E-state index contributed by atoms with van der Waals surface area (Å²) in [7, 11) is 0. The lowest BCUT2D eigenvalue weighted by atomic mass is 9.63. The van der Waals surface area contributed by atoms with E-state index in [2.05, 4.69) is 6.92 Å². The molecule has 3 aliphatic carbocycles. The molecule has 2 fully saturated rings. The largest absolute Gasteiger partial charge is 0.412 e. The van der Waals surface area contributed by atoms with Gasteiger partial charge in [-0.3, -0.25) is 0 Å². The van der Waals surface area contributed by atoms with Crippen LogP contribution in [0.15, 0.2) is 11.6 Å². The van der Waals surface area contributed by atoms with Crippen LogP contribution < -0.4 is 0 Å². The van der Waals surface area contributed by atoms with Crippen molar-refractivity contribution in [3.05, 3.63) is 11.6 Å². The second-order valence-electron chi connectivity index (χ2n) is 8.29. The van der Waals surface area contributed by atoms with Gasteiger partial charge in [0.25, 0.3) is 0 Å². The Morgan fingerprint density at radius 2 is 1.52 bits per heavy atom. The predicted octanol–water partition coefficient (Wildman–Crippen LogP) is 7.93. The Labute approximate surface area is 152 Å². The molecule has 3 unspecified atom stereocenters. The Balaban J connectivity index is 0.00000109. The molecule has 0 N–H and O–H groups in total. The van der Waals surface area contributed by atoms with Gasteiger partial charge in [0, 0.05) is 5.57 Å². The SMILES string of the molecule is CC.CCCC1CCC(C2CCC3C=C(C(F)(F)F)CCC3C2)CC1. The molecule has 0 radical (unpaired) electrons. The first-order valence-electron chi connectivity index (χ1n) is 10.7. The minimum absolute atomic E-state index is 0.202. The summed E-state index contributed by atoms with van der Waals surface area (Å²) in [5.41, 5.74) is -0.253. The zero-order valence-corrected chi connectivity index (χ0v) is 16.4. The molecule has 146 valence electrons. The predicted molar refractivity (Wildman–Crippen MR) is 99.4 cm³/mol. The van der Waals surface area contributed by atoms with Crippen molar-refractivity contribution in [2.45, 2.75) is 97.6 Å². The van der Waals surface area contributed by atoms with Gasteiger partial charge in [-0.1, -0.05) is 52.5 Å². The van der Waals surface area contributed by atoms with E-state index in [1.165, 1.54) is 44.9 Å². The quantitative estimate of drug-likeness (QED) is 0.449. The minimum atomic E-state index is -4.10. The highest BCUT2D eigenvalue weighted by Crippen LogP contribution is 2.49. The number of alkyl halides is 3. The molecule has 0 nitrogen and oxygen atoms in total. The highest BCUT2D eigenvalue weighted by Gasteiger charge is 2.41. The molecular weight excluding hydrogens is 321 g/mol. The van der Waals surface area contributed by atoms with E-state index in [0.29, 0.717) is 5.92 Å². The van der Waals surface area contributed by atoms with E-state index in [1.807, 2.05) is 13.8 Å². The number of allylic oxidation sites excluding steroid dienone is 2. The average molecular weight is 359 g/mol. The molecule has 2 saturated carbocycles. The van der Waals surface area contributed by atoms with Crippen LogP contribution in [0.4, 0.5) is 13.2 Å². The Kier molecular flexibility index (Phi) is 7.89. The first kappa shape index (κ1) is 20.8. The summed E-state index contributed by atoms with van der Waals surface area (Å²) in [6.45, 7) is 6.28. The van der Waals surface area contributed by atoms with Gasteiger partial charge in [0.15, 0.2) is 0 Å². The van der Waals surface area contributed by atoms with Crippen LogP contribution in [-0.2, 0) is 0 Å². The first-order valence-corrected chi connectivity index (χ1v) is 10.7. The Morgan fingerprint density at radius 3 is 2.12 bits per heavy atom. The summed E-state index contributed by atoms with van der Waals surface area (Å²) in [5.74, 6) is 3.32. The van der Waals surface area contributed by atoms with Crippen LogP contribution >= 0.6 is 0 Å². The summed E-state index contributed by atoms with van der Waals surface area (Å²) in [6.07, 6.45) is 10.0. The summed E-state index contributed by atoms with van der Waals surface area (Å²) in [6, 6.07) is 0. The molecule has 3 heteroatoms. The first-order chi connectivity index (χ1) is 12.0. The van der Waals surface area contributed by atoms with Crippen molar-refractivity contribution < 1.29 is 13.2 Å². The molecule has 3 rings (SSSR count). The number of rotatable bonds is 3. The van der Waals surface area contributed by atoms with E-state index < -0.39 is 6.18 Å². The Hall–Kier alpha value is -0.470. The average Bonchev–Trinajstić information content (AvgIpc) is 2.63. The summed E-state index contributed by atoms with van der Waals surface area (Å²) < 4.78 is 38.7. The van der Waals surface area contributed by atoms with Gasteiger partial charge in [-0.05, 0) is 74.5 Å². The third-order valence-corrected chi connectivity index (χ3v) is 6.90. The zero-order chi connectivity index (χ0) is 18.4. The van der Waals surface area contributed by atoms with E-state index >= 15 is 0 Å². The molecular formula is C22H37F3. The van der Waals surface area contributed by atoms with E-state index in [1.54, 1.807) is 6.08 Å². The number of fused-ring (bicyclic) bond motifs is 1. The molecule has 3 aliphatic rings. The van der Waals surface area contributed by atoms with E-state index in [0.717, 1.165) is 37.0 Å². The van der Waals surface area contributed by atoms with Gasteiger partial charge < -0.3 is 0 Å². The fourth-order valence-electron chi connectivity index (χ4n) is 5.58. The lowest BCUT2D eigenvalue weighted by molar-refractivity contribution is -0.0971. The number of halogens is 3. The van der Waals surface area contributed by atoms with E-state index in [9.17, 15) is 13.2 Å². The highest BCUT2D eigenvalue weighted by molar-refractivity contribution is 5.16. The van der Waals surface area contributed by atoms with Crippen molar-refractivity contribution in [2.24, 2.45) is 29.6 Å². The van der Waals surface area contributed by atoms with Crippen LogP contribution in [0.1, 0.15) is 91.4 Å².